The molecule has 1 fully saturated rings. The fourth-order valence-electron chi connectivity index (χ4n) is 2.35. The van der Waals surface area contributed by atoms with Crippen LogP contribution in [-0.4, -0.2) is 91.9 Å². The second-order valence-corrected chi connectivity index (χ2v) is 5.91. The Balaban J connectivity index is 1.88. The molecule has 1 rings (SSSR count). The van der Waals surface area contributed by atoms with E-state index in [-0.39, 0.29) is 12.3 Å². The van der Waals surface area contributed by atoms with Gasteiger partial charge in [0, 0.05) is 38.9 Å². The van der Waals surface area contributed by atoms with Crippen LogP contribution in [0, 0.1) is 12.3 Å². The van der Waals surface area contributed by atoms with Gasteiger partial charge in [0.15, 0.2) is 6.29 Å². The van der Waals surface area contributed by atoms with Gasteiger partial charge < -0.3 is 40.2 Å². The molecule has 0 spiro atoms. The Hall–Kier alpha value is -1.25. The van der Waals surface area contributed by atoms with Crippen molar-refractivity contribution in [1.82, 2.24) is 10.6 Å². The first kappa shape index (κ1) is 22.8. The smallest absolute Gasteiger partial charge is 0.221 e. The molecule has 150 valence electrons. The van der Waals surface area contributed by atoms with Crippen molar-refractivity contribution < 1.29 is 34.3 Å². The van der Waals surface area contributed by atoms with Gasteiger partial charge >= 0.3 is 0 Å². The third kappa shape index (κ3) is 10.0. The Labute approximate surface area is 154 Å². The van der Waals surface area contributed by atoms with Gasteiger partial charge in [0.05, 0.1) is 32.5 Å². The zero-order chi connectivity index (χ0) is 19.2. The summed E-state index contributed by atoms with van der Waals surface area (Å²) in [5.41, 5.74) is 0. The van der Waals surface area contributed by atoms with E-state index < -0.39 is 24.6 Å². The molecular formula is C17H30N2O7. The van der Waals surface area contributed by atoms with Gasteiger partial charge in [-0.2, -0.15) is 0 Å². The SMILES string of the molecule is C#CCCC(=O)NCCOCCOCCNCC1OC(O)C[C@@H](O)[C@H]1O. The highest BCUT2D eigenvalue weighted by Gasteiger charge is 2.35. The third-order valence-electron chi connectivity index (χ3n) is 3.76. The summed E-state index contributed by atoms with van der Waals surface area (Å²) in [7, 11) is 0. The predicted molar refractivity (Wildman–Crippen MR) is 93.1 cm³/mol. The van der Waals surface area contributed by atoms with Crippen LogP contribution >= 0.6 is 0 Å². The maximum absolute atomic E-state index is 11.3. The molecule has 1 aliphatic heterocycles. The summed E-state index contributed by atoms with van der Waals surface area (Å²) in [5, 5.41) is 34.5. The van der Waals surface area contributed by atoms with Crippen LogP contribution in [-0.2, 0) is 19.0 Å². The first-order valence-electron chi connectivity index (χ1n) is 8.80. The molecule has 2 unspecified atom stereocenters. The summed E-state index contributed by atoms with van der Waals surface area (Å²) in [6.45, 7) is 2.96. The molecule has 9 nitrogen and oxygen atoms in total. The highest BCUT2D eigenvalue weighted by Crippen LogP contribution is 2.18. The van der Waals surface area contributed by atoms with E-state index >= 15 is 0 Å². The summed E-state index contributed by atoms with van der Waals surface area (Å²) in [5.74, 6) is 2.32. The summed E-state index contributed by atoms with van der Waals surface area (Å²) in [6, 6.07) is 0. The van der Waals surface area contributed by atoms with Crippen molar-refractivity contribution in [3.05, 3.63) is 0 Å². The van der Waals surface area contributed by atoms with Crippen LogP contribution in [0.5, 0.6) is 0 Å². The monoisotopic (exact) mass is 374 g/mol. The summed E-state index contributed by atoms with van der Waals surface area (Å²) in [6.07, 6.45) is 2.12. The van der Waals surface area contributed by atoms with Crippen LogP contribution in [0.4, 0.5) is 0 Å². The molecule has 1 amide bonds. The van der Waals surface area contributed by atoms with E-state index in [0.717, 1.165) is 0 Å². The molecule has 0 aromatic carbocycles. The van der Waals surface area contributed by atoms with Crippen molar-refractivity contribution in [2.75, 3.05) is 46.1 Å². The van der Waals surface area contributed by atoms with Crippen molar-refractivity contribution in [2.45, 2.75) is 43.9 Å². The number of nitrogens with one attached hydrogen (secondary N) is 2. The maximum Gasteiger partial charge on any atom is 0.221 e. The van der Waals surface area contributed by atoms with Gasteiger partial charge in [-0.15, -0.1) is 12.3 Å². The lowest BCUT2D eigenvalue weighted by atomic mass is 10.0. The topological polar surface area (TPSA) is 130 Å². The number of terminal acetylenes is 1. The number of carbonyl (C=O) groups is 1. The number of ether oxygens (including phenoxy) is 3. The summed E-state index contributed by atoms with van der Waals surface area (Å²) < 4.78 is 15.9. The van der Waals surface area contributed by atoms with Gasteiger partial charge in [-0.25, -0.2) is 0 Å². The van der Waals surface area contributed by atoms with Gasteiger partial charge in [-0.1, -0.05) is 0 Å². The quantitative estimate of drug-likeness (QED) is 0.184. The van der Waals surface area contributed by atoms with Crippen LogP contribution in [0.3, 0.4) is 0 Å². The number of hydrogen-bond donors (Lipinski definition) is 5. The Morgan fingerprint density at radius 1 is 1.15 bits per heavy atom. The molecule has 0 bridgehead atoms. The van der Waals surface area contributed by atoms with Gasteiger partial charge in [0.2, 0.25) is 5.91 Å². The number of rotatable bonds is 13. The standard InChI is InChI=1S/C17H30N2O7/c1-2-3-4-15(21)19-6-8-25-10-9-24-7-5-18-12-14-17(23)13(20)11-16(22)26-14/h1,13-14,16-18,20,22-23H,3-12H2,(H,19,21)/t13-,14?,16?,17-/m1/s1. The van der Waals surface area contributed by atoms with E-state index in [1.54, 1.807) is 0 Å². The Morgan fingerprint density at radius 3 is 2.54 bits per heavy atom. The molecule has 5 N–H and O–H groups in total. The van der Waals surface area contributed by atoms with Gasteiger partial charge in [-0.05, 0) is 0 Å². The average Bonchev–Trinajstić information content (AvgIpc) is 2.61. The molecule has 0 radical (unpaired) electrons. The van der Waals surface area contributed by atoms with Gasteiger partial charge in [-0.3, -0.25) is 4.79 Å². The van der Waals surface area contributed by atoms with E-state index in [2.05, 4.69) is 16.6 Å². The van der Waals surface area contributed by atoms with Crippen molar-refractivity contribution in [3.63, 3.8) is 0 Å². The molecule has 0 aromatic rings. The summed E-state index contributed by atoms with van der Waals surface area (Å²) >= 11 is 0. The lowest BCUT2D eigenvalue weighted by molar-refractivity contribution is -0.230. The van der Waals surface area contributed by atoms with Crippen LogP contribution in [0.25, 0.3) is 0 Å². The molecule has 0 aliphatic carbocycles. The number of amides is 1. The van der Waals surface area contributed by atoms with Crippen molar-refractivity contribution >= 4 is 5.91 Å². The molecule has 9 heteroatoms. The first-order valence-corrected chi connectivity index (χ1v) is 8.80. The van der Waals surface area contributed by atoms with E-state index in [0.29, 0.717) is 58.9 Å². The van der Waals surface area contributed by atoms with Crippen LogP contribution < -0.4 is 10.6 Å². The molecule has 1 saturated heterocycles. The van der Waals surface area contributed by atoms with E-state index in [1.807, 2.05) is 0 Å². The fraction of sp³-hybridized carbons (Fsp3) is 0.824. The minimum absolute atomic E-state index is 0.00929. The zero-order valence-corrected chi connectivity index (χ0v) is 14.9. The summed E-state index contributed by atoms with van der Waals surface area (Å²) in [4.78, 5) is 11.3. The highest BCUT2D eigenvalue weighted by atomic mass is 16.6. The van der Waals surface area contributed by atoms with E-state index in [1.165, 1.54) is 0 Å². The minimum atomic E-state index is -1.06. The first-order chi connectivity index (χ1) is 12.5. The second kappa shape index (κ2) is 13.9. The molecule has 0 saturated carbocycles. The fourth-order valence-corrected chi connectivity index (χ4v) is 2.35. The molecule has 1 aliphatic rings. The Bertz CT molecular complexity index is 430. The molecule has 26 heavy (non-hydrogen) atoms. The number of aliphatic hydroxyl groups is 3. The number of hydrogen-bond acceptors (Lipinski definition) is 8. The zero-order valence-electron chi connectivity index (χ0n) is 14.9. The minimum Gasteiger partial charge on any atom is -0.390 e. The molecule has 1 heterocycles. The largest absolute Gasteiger partial charge is 0.390 e. The second-order valence-electron chi connectivity index (χ2n) is 5.91. The van der Waals surface area contributed by atoms with Crippen LogP contribution in [0.1, 0.15) is 19.3 Å². The van der Waals surface area contributed by atoms with Crippen molar-refractivity contribution in [2.24, 2.45) is 0 Å². The lowest BCUT2D eigenvalue weighted by Gasteiger charge is -2.35. The van der Waals surface area contributed by atoms with Crippen molar-refractivity contribution in [1.29, 1.82) is 0 Å². The molecular weight excluding hydrogens is 344 g/mol. The highest BCUT2D eigenvalue weighted by molar-refractivity contribution is 5.76. The Morgan fingerprint density at radius 2 is 1.85 bits per heavy atom. The van der Waals surface area contributed by atoms with Gasteiger partial charge in [0.25, 0.3) is 0 Å². The van der Waals surface area contributed by atoms with Crippen LogP contribution in [0.15, 0.2) is 0 Å². The maximum atomic E-state index is 11.3. The van der Waals surface area contributed by atoms with E-state index in [9.17, 15) is 20.1 Å². The average molecular weight is 374 g/mol. The molecule has 4 atom stereocenters. The van der Waals surface area contributed by atoms with Gasteiger partial charge in [0.1, 0.15) is 12.2 Å². The predicted octanol–water partition coefficient (Wildman–Crippen LogP) is -2.03. The number of carbonyl (C=O) groups excluding carboxylic acids is 1. The normalized spacial score (nSPS) is 25.6. The lowest BCUT2D eigenvalue weighted by Crippen LogP contribution is -2.52. The van der Waals surface area contributed by atoms with Crippen molar-refractivity contribution in [3.8, 4) is 12.3 Å². The van der Waals surface area contributed by atoms with Crippen LogP contribution in [0.2, 0.25) is 0 Å². The number of aliphatic hydroxyl groups excluding tert-OH is 3. The molecule has 0 aromatic heterocycles. The third-order valence-corrected chi connectivity index (χ3v) is 3.76. The Kier molecular flexibility index (Phi) is 12.2. The van der Waals surface area contributed by atoms with E-state index in [4.69, 9.17) is 20.6 Å².